The van der Waals surface area contributed by atoms with E-state index in [1.165, 1.54) is 6.07 Å². The minimum Gasteiger partial charge on any atom is -0.357 e. The highest BCUT2D eigenvalue weighted by Crippen LogP contribution is 2.11. The molecular formula is C18H24FN5O. The van der Waals surface area contributed by atoms with E-state index in [-0.39, 0.29) is 12.5 Å². The summed E-state index contributed by atoms with van der Waals surface area (Å²) in [5.41, 5.74) is 0.741. The van der Waals surface area contributed by atoms with Gasteiger partial charge < -0.3 is 15.5 Å². The molecule has 7 heteroatoms. The Morgan fingerprint density at radius 2 is 2.28 bits per heavy atom. The SMILES string of the molecule is CCNC(=NCc1ccc(C#N)cc1F)NCCCN1CCCC1=O. The second-order valence-corrected chi connectivity index (χ2v) is 5.88. The lowest BCUT2D eigenvalue weighted by Crippen LogP contribution is -2.39. The van der Waals surface area contributed by atoms with E-state index in [1.807, 2.05) is 17.9 Å². The highest BCUT2D eigenvalue weighted by atomic mass is 19.1. The number of carbonyl (C=O) groups excluding carboxylic acids is 1. The number of halogens is 1. The molecule has 1 fully saturated rings. The number of rotatable bonds is 7. The summed E-state index contributed by atoms with van der Waals surface area (Å²) in [4.78, 5) is 17.8. The van der Waals surface area contributed by atoms with E-state index in [0.717, 1.165) is 25.9 Å². The minimum atomic E-state index is -0.425. The molecular weight excluding hydrogens is 321 g/mol. The lowest BCUT2D eigenvalue weighted by molar-refractivity contribution is -0.127. The van der Waals surface area contributed by atoms with Crippen LogP contribution in [0.1, 0.15) is 37.3 Å². The van der Waals surface area contributed by atoms with Crippen LogP contribution in [0.2, 0.25) is 0 Å². The predicted octanol–water partition coefficient (Wildman–Crippen LogP) is 1.76. The fourth-order valence-electron chi connectivity index (χ4n) is 2.67. The van der Waals surface area contributed by atoms with Gasteiger partial charge in [0.05, 0.1) is 18.2 Å². The van der Waals surface area contributed by atoms with Crippen LogP contribution in [0.5, 0.6) is 0 Å². The molecule has 1 aromatic rings. The van der Waals surface area contributed by atoms with Crippen LogP contribution in [-0.4, -0.2) is 42.9 Å². The van der Waals surface area contributed by atoms with Gasteiger partial charge in [-0.2, -0.15) is 5.26 Å². The van der Waals surface area contributed by atoms with Gasteiger partial charge in [0.1, 0.15) is 5.82 Å². The molecule has 1 saturated heterocycles. The quantitative estimate of drug-likeness (QED) is 0.448. The van der Waals surface area contributed by atoms with Gasteiger partial charge in [-0.15, -0.1) is 0 Å². The van der Waals surface area contributed by atoms with Crippen LogP contribution in [0.15, 0.2) is 23.2 Å². The number of amides is 1. The maximum absolute atomic E-state index is 13.9. The molecule has 6 nitrogen and oxygen atoms in total. The number of hydrogen-bond donors (Lipinski definition) is 2. The van der Waals surface area contributed by atoms with E-state index in [2.05, 4.69) is 15.6 Å². The van der Waals surface area contributed by atoms with E-state index in [1.54, 1.807) is 12.1 Å². The molecule has 0 radical (unpaired) electrons. The number of nitrogens with one attached hydrogen (secondary N) is 2. The van der Waals surface area contributed by atoms with Gasteiger partial charge in [0.2, 0.25) is 5.91 Å². The van der Waals surface area contributed by atoms with Crippen molar-refractivity contribution < 1.29 is 9.18 Å². The van der Waals surface area contributed by atoms with E-state index >= 15 is 0 Å². The molecule has 2 rings (SSSR count). The maximum atomic E-state index is 13.9. The van der Waals surface area contributed by atoms with Crippen LogP contribution >= 0.6 is 0 Å². The molecule has 0 saturated carbocycles. The summed E-state index contributed by atoms with van der Waals surface area (Å²) in [6.07, 6.45) is 2.45. The van der Waals surface area contributed by atoms with Crippen molar-refractivity contribution in [2.75, 3.05) is 26.2 Å². The standard InChI is InChI=1S/C18H24FN5O/c1-2-21-18(22-8-4-10-24-9-3-5-17(24)25)23-13-15-7-6-14(12-20)11-16(15)19/h6-7,11H,2-5,8-10,13H2,1H3,(H2,21,22,23). The van der Waals surface area contributed by atoms with Gasteiger partial charge in [0.15, 0.2) is 5.96 Å². The first-order valence-electron chi connectivity index (χ1n) is 8.62. The summed E-state index contributed by atoms with van der Waals surface area (Å²) >= 11 is 0. The molecule has 0 atom stereocenters. The summed E-state index contributed by atoms with van der Waals surface area (Å²) in [5, 5.41) is 15.1. The lowest BCUT2D eigenvalue weighted by Gasteiger charge is -2.16. The van der Waals surface area contributed by atoms with Crippen LogP contribution in [0, 0.1) is 17.1 Å². The normalized spacial score (nSPS) is 14.5. The fraction of sp³-hybridized carbons (Fsp3) is 0.500. The highest BCUT2D eigenvalue weighted by molar-refractivity contribution is 5.79. The lowest BCUT2D eigenvalue weighted by atomic mass is 10.1. The van der Waals surface area contributed by atoms with Crippen molar-refractivity contribution >= 4 is 11.9 Å². The smallest absolute Gasteiger partial charge is 0.222 e. The molecule has 0 aromatic heterocycles. The Labute approximate surface area is 147 Å². The maximum Gasteiger partial charge on any atom is 0.222 e. The summed E-state index contributed by atoms with van der Waals surface area (Å²) in [7, 11) is 0. The largest absolute Gasteiger partial charge is 0.357 e. The van der Waals surface area contributed by atoms with Gasteiger partial charge >= 0.3 is 0 Å². The molecule has 134 valence electrons. The summed E-state index contributed by atoms with van der Waals surface area (Å²) in [6.45, 7) is 5.14. The van der Waals surface area contributed by atoms with Crippen LogP contribution in [-0.2, 0) is 11.3 Å². The van der Waals surface area contributed by atoms with E-state index < -0.39 is 5.82 Å². The summed E-state index contributed by atoms with van der Waals surface area (Å²) in [6, 6.07) is 6.30. The number of likely N-dealkylation sites (tertiary alicyclic amines) is 1. The zero-order valence-corrected chi connectivity index (χ0v) is 14.5. The first-order chi connectivity index (χ1) is 12.1. The highest BCUT2D eigenvalue weighted by Gasteiger charge is 2.18. The number of nitriles is 1. The Hall–Kier alpha value is -2.62. The Morgan fingerprint density at radius 3 is 2.92 bits per heavy atom. The zero-order valence-electron chi connectivity index (χ0n) is 14.5. The molecule has 1 aliphatic rings. The molecule has 0 aliphatic carbocycles. The van der Waals surface area contributed by atoms with Gasteiger partial charge in [-0.1, -0.05) is 6.07 Å². The average Bonchev–Trinajstić information content (AvgIpc) is 3.02. The van der Waals surface area contributed by atoms with Crippen LogP contribution < -0.4 is 10.6 Å². The summed E-state index contributed by atoms with van der Waals surface area (Å²) in [5.74, 6) is 0.419. The molecule has 1 aromatic carbocycles. The van der Waals surface area contributed by atoms with Gasteiger partial charge in [0, 0.05) is 38.2 Å². The van der Waals surface area contributed by atoms with Gasteiger partial charge in [0.25, 0.3) is 0 Å². The van der Waals surface area contributed by atoms with Gasteiger partial charge in [-0.05, 0) is 31.9 Å². The van der Waals surface area contributed by atoms with Crippen molar-refractivity contribution in [1.82, 2.24) is 15.5 Å². The molecule has 1 aliphatic heterocycles. The molecule has 1 amide bonds. The Morgan fingerprint density at radius 1 is 1.44 bits per heavy atom. The molecule has 0 spiro atoms. The second kappa shape index (κ2) is 9.62. The Balaban J connectivity index is 1.83. The third kappa shape index (κ3) is 5.75. The average molecular weight is 345 g/mol. The topological polar surface area (TPSA) is 80.5 Å². The number of benzene rings is 1. The fourth-order valence-corrected chi connectivity index (χ4v) is 2.67. The van der Waals surface area contributed by atoms with Crippen molar-refractivity contribution in [1.29, 1.82) is 5.26 Å². The molecule has 2 N–H and O–H groups in total. The zero-order chi connectivity index (χ0) is 18.1. The third-order valence-electron chi connectivity index (χ3n) is 4.00. The number of guanidine groups is 1. The third-order valence-corrected chi connectivity index (χ3v) is 4.00. The van der Waals surface area contributed by atoms with Crippen molar-refractivity contribution in [3.8, 4) is 6.07 Å². The number of carbonyl (C=O) groups is 1. The predicted molar refractivity (Wildman–Crippen MR) is 94.4 cm³/mol. The van der Waals surface area contributed by atoms with Crippen molar-refractivity contribution in [3.05, 3.63) is 35.1 Å². The number of aliphatic imine (C=N–C) groups is 1. The minimum absolute atomic E-state index is 0.192. The van der Waals surface area contributed by atoms with Crippen LogP contribution in [0.4, 0.5) is 4.39 Å². The van der Waals surface area contributed by atoms with Gasteiger partial charge in [-0.3, -0.25) is 4.79 Å². The molecule has 1 heterocycles. The molecule has 25 heavy (non-hydrogen) atoms. The van der Waals surface area contributed by atoms with Crippen molar-refractivity contribution in [2.45, 2.75) is 32.7 Å². The molecule has 0 bridgehead atoms. The molecule has 0 unspecified atom stereocenters. The Bertz CT molecular complexity index is 668. The summed E-state index contributed by atoms with van der Waals surface area (Å²) < 4.78 is 13.9. The van der Waals surface area contributed by atoms with E-state index in [0.29, 0.717) is 36.6 Å². The van der Waals surface area contributed by atoms with Crippen molar-refractivity contribution in [3.63, 3.8) is 0 Å². The first kappa shape index (κ1) is 18.7. The number of nitrogens with zero attached hydrogens (tertiary/aromatic N) is 3. The second-order valence-electron chi connectivity index (χ2n) is 5.88. The van der Waals surface area contributed by atoms with Gasteiger partial charge in [-0.25, -0.2) is 9.38 Å². The van der Waals surface area contributed by atoms with Crippen molar-refractivity contribution in [2.24, 2.45) is 4.99 Å². The van der Waals surface area contributed by atoms with E-state index in [9.17, 15) is 9.18 Å². The van der Waals surface area contributed by atoms with E-state index in [4.69, 9.17) is 5.26 Å². The van der Waals surface area contributed by atoms with Crippen LogP contribution in [0.3, 0.4) is 0 Å². The van der Waals surface area contributed by atoms with Crippen LogP contribution in [0.25, 0.3) is 0 Å². The monoisotopic (exact) mass is 345 g/mol. The Kier molecular flexibility index (Phi) is 7.20. The first-order valence-corrected chi connectivity index (χ1v) is 8.62. The number of hydrogen-bond acceptors (Lipinski definition) is 3.